The maximum absolute atomic E-state index is 12.5. The lowest BCUT2D eigenvalue weighted by Crippen LogP contribution is -2.44. The number of aromatic nitrogens is 2. The van der Waals surface area contributed by atoms with Crippen LogP contribution in [0.1, 0.15) is 36.5 Å². The zero-order valence-electron chi connectivity index (χ0n) is 11.0. The number of thioether (sulfide) groups is 1. The van der Waals surface area contributed by atoms with Gasteiger partial charge in [0.25, 0.3) is 11.5 Å². The fourth-order valence-corrected chi connectivity index (χ4v) is 3.63. The first kappa shape index (κ1) is 12.7. The number of likely N-dealkylation sites (tertiary alicyclic amines) is 1. The summed E-state index contributed by atoms with van der Waals surface area (Å²) < 4.78 is 1.62. The van der Waals surface area contributed by atoms with E-state index in [0.717, 1.165) is 36.7 Å². The lowest BCUT2D eigenvalue weighted by atomic mass is 10.0. The Labute approximate surface area is 116 Å². The number of carbonyl (C=O) groups is 1. The molecule has 0 unspecified atom stereocenters. The first-order valence-electron chi connectivity index (χ1n) is 6.72. The van der Waals surface area contributed by atoms with E-state index in [1.54, 1.807) is 16.3 Å². The molecule has 1 aromatic heterocycles. The van der Waals surface area contributed by atoms with Crippen molar-refractivity contribution in [3.8, 4) is 0 Å². The molecule has 1 amide bonds. The Balaban J connectivity index is 1.94. The lowest BCUT2D eigenvalue weighted by Gasteiger charge is -2.33. The molecular formula is C13H17N3O2S. The summed E-state index contributed by atoms with van der Waals surface area (Å²) in [5.74, 6) is 0.705. The zero-order chi connectivity index (χ0) is 13.4. The van der Waals surface area contributed by atoms with Crippen LogP contribution in [0.4, 0.5) is 0 Å². The summed E-state index contributed by atoms with van der Waals surface area (Å²) >= 11 is 1.57. The summed E-state index contributed by atoms with van der Waals surface area (Å²) in [5.41, 5.74) is 0.0396. The highest BCUT2D eigenvalue weighted by atomic mass is 32.2. The predicted octanol–water partition coefficient (Wildman–Crippen LogP) is 1.36. The van der Waals surface area contributed by atoms with Gasteiger partial charge in [0.1, 0.15) is 5.56 Å². The molecule has 5 nitrogen and oxygen atoms in total. The van der Waals surface area contributed by atoms with Gasteiger partial charge in [0.2, 0.25) is 0 Å². The Bertz CT molecular complexity index is 569. The first-order chi connectivity index (χ1) is 9.18. The predicted molar refractivity (Wildman–Crippen MR) is 73.6 cm³/mol. The van der Waals surface area contributed by atoms with Crippen LogP contribution in [0.25, 0.3) is 0 Å². The van der Waals surface area contributed by atoms with Crippen LogP contribution in [0.3, 0.4) is 0 Å². The number of hydrogen-bond acceptors (Lipinski definition) is 4. The average molecular weight is 279 g/mol. The molecule has 3 heterocycles. The van der Waals surface area contributed by atoms with Crippen molar-refractivity contribution in [3.05, 3.63) is 22.1 Å². The maximum Gasteiger partial charge on any atom is 0.267 e. The van der Waals surface area contributed by atoms with Gasteiger partial charge in [-0.25, -0.2) is 4.98 Å². The van der Waals surface area contributed by atoms with Crippen LogP contribution in [0.15, 0.2) is 16.1 Å². The third-order valence-corrected chi connectivity index (χ3v) is 4.82. The largest absolute Gasteiger partial charge is 0.336 e. The molecule has 0 bridgehead atoms. The summed E-state index contributed by atoms with van der Waals surface area (Å²) in [5, 5.41) is 0.730. The number of carbonyl (C=O) groups excluding carboxylic acids is 1. The normalized spacial score (nSPS) is 22.4. The van der Waals surface area contributed by atoms with Crippen molar-refractivity contribution < 1.29 is 4.79 Å². The van der Waals surface area contributed by atoms with Crippen LogP contribution in [0.2, 0.25) is 0 Å². The molecule has 3 rings (SSSR count). The van der Waals surface area contributed by atoms with E-state index in [2.05, 4.69) is 4.98 Å². The molecule has 1 aromatic rings. The number of nitrogens with zero attached hydrogens (tertiary/aromatic N) is 3. The number of amides is 1. The number of fused-ring (bicyclic) bond motifs is 1. The van der Waals surface area contributed by atoms with Crippen molar-refractivity contribution in [2.24, 2.45) is 0 Å². The Hall–Kier alpha value is -1.30. The van der Waals surface area contributed by atoms with Crippen molar-refractivity contribution in [2.75, 3.05) is 12.3 Å². The molecule has 1 atom stereocenters. The number of piperidine rings is 1. The van der Waals surface area contributed by atoms with Crippen LogP contribution in [0, 0.1) is 0 Å². The van der Waals surface area contributed by atoms with E-state index in [4.69, 9.17) is 0 Å². The Morgan fingerprint density at radius 3 is 3.05 bits per heavy atom. The van der Waals surface area contributed by atoms with E-state index in [0.29, 0.717) is 6.54 Å². The van der Waals surface area contributed by atoms with Crippen LogP contribution >= 0.6 is 11.8 Å². The Morgan fingerprint density at radius 2 is 2.26 bits per heavy atom. The fourth-order valence-electron chi connectivity index (χ4n) is 2.72. The second-order valence-electron chi connectivity index (χ2n) is 5.10. The molecule has 0 radical (unpaired) electrons. The highest BCUT2D eigenvalue weighted by Gasteiger charge is 2.28. The van der Waals surface area contributed by atoms with Gasteiger partial charge >= 0.3 is 0 Å². The van der Waals surface area contributed by atoms with Crippen molar-refractivity contribution in [2.45, 2.75) is 43.9 Å². The highest BCUT2D eigenvalue weighted by Crippen LogP contribution is 2.22. The monoisotopic (exact) mass is 279 g/mol. The minimum Gasteiger partial charge on any atom is -0.336 e. The van der Waals surface area contributed by atoms with Gasteiger partial charge in [0.15, 0.2) is 5.16 Å². The average Bonchev–Trinajstić information content (AvgIpc) is 2.88. The van der Waals surface area contributed by atoms with Gasteiger partial charge < -0.3 is 4.90 Å². The molecule has 0 aliphatic carbocycles. The van der Waals surface area contributed by atoms with E-state index >= 15 is 0 Å². The van der Waals surface area contributed by atoms with Gasteiger partial charge in [-0.1, -0.05) is 11.8 Å². The molecule has 102 valence electrons. The maximum atomic E-state index is 12.5. The van der Waals surface area contributed by atoms with Gasteiger partial charge in [-0.15, -0.1) is 0 Å². The third kappa shape index (κ3) is 2.18. The highest BCUT2D eigenvalue weighted by molar-refractivity contribution is 7.99. The molecule has 19 heavy (non-hydrogen) atoms. The molecule has 1 fully saturated rings. The SMILES string of the molecule is C[C@H]1CCCCN1C(=O)c1cnc2n(c1=O)CCS2. The Morgan fingerprint density at radius 1 is 1.42 bits per heavy atom. The lowest BCUT2D eigenvalue weighted by molar-refractivity contribution is 0.0632. The summed E-state index contributed by atoms with van der Waals surface area (Å²) in [6.07, 6.45) is 4.64. The summed E-state index contributed by atoms with van der Waals surface area (Å²) in [6.45, 7) is 3.45. The smallest absolute Gasteiger partial charge is 0.267 e. The van der Waals surface area contributed by atoms with Gasteiger partial charge in [-0.3, -0.25) is 14.2 Å². The molecule has 2 aliphatic heterocycles. The van der Waals surface area contributed by atoms with Crippen molar-refractivity contribution >= 4 is 17.7 Å². The number of rotatable bonds is 1. The molecule has 0 aromatic carbocycles. The second-order valence-corrected chi connectivity index (χ2v) is 6.17. The molecule has 1 saturated heterocycles. The molecular weight excluding hydrogens is 262 g/mol. The first-order valence-corrected chi connectivity index (χ1v) is 7.70. The van der Waals surface area contributed by atoms with Crippen LogP contribution in [-0.4, -0.2) is 38.7 Å². The molecule has 2 aliphatic rings. The van der Waals surface area contributed by atoms with Crippen LogP contribution < -0.4 is 5.56 Å². The molecule has 6 heteroatoms. The van der Waals surface area contributed by atoms with Gasteiger partial charge in [-0.2, -0.15) is 0 Å². The standard InChI is InChI=1S/C13H17N3O2S/c1-9-4-2-3-5-15(9)11(17)10-8-14-13-16(12(10)18)6-7-19-13/h8-9H,2-7H2,1H3/t9-/m0/s1. The molecule has 0 N–H and O–H groups in total. The fraction of sp³-hybridized carbons (Fsp3) is 0.615. The minimum atomic E-state index is -0.183. The summed E-state index contributed by atoms with van der Waals surface area (Å²) in [7, 11) is 0. The van der Waals surface area contributed by atoms with E-state index < -0.39 is 0 Å². The zero-order valence-corrected chi connectivity index (χ0v) is 11.8. The van der Waals surface area contributed by atoms with Gasteiger partial charge in [0.05, 0.1) is 0 Å². The van der Waals surface area contributed by atoms with Crippen LogP contribution in [0.5, 0.6) is 0 Å². The minimum absolute atomic E-state index is 0.156. The molecule has 0 spiro atoms. The van der Waals surface area contributed by atoms with Gasteiger partial charge in [0, 0.05) is 31.1 Å². The topological polar surface area (TPSA) is 55.2 Å². The molecule has 0 saturated carbocycles. The van der Waals surface area contributed by atoms with E-state index in [1.165, 1.54) is 6.20 Å². The second kappa shape index (κ2) is 5.00. The van der Waals surface area contributed by atoms with Crippen molar-refractivity contribution in [1.82, 2.24) is 14.5 Å². The van der Waals surface area contributed by atoms with Crippen LogP contribution in [-0.2, 0) is 6.54 Å². The summed E-state index contributed by atoms with van der Waals surface area (Å²) in [4.78, 5) is 30.9. The summed E-state index contributed by atoms with van der Waals surface area (Å²) in [6, 6.07) is 0.216. The van der Waals surface area contributed by atoms with Crippen molar-refractivity contribution in [3.63, 3.8) is 0 Å². The van der Waals surface area contributed by atoms with Crippen molar-refractivity contribution in [1.29, 1.82) is 0 Å². The van der Waals surface area contributed by atoms with E-state index in [1.807, 2.05) is 11.8 Å². The quantitative estimate of drug-likeness (QED) is 0.728. The van der Waals surface area contributed by atoms with E-state index in [-0.39, 0.29) is 23.1 Å². The third-order valence-electron chi connectivity index (χ3n) is 3.85. The number of hydrogen-bond donors (Lipinski definition) is 0. The van der Waals surface area contributed by atoms with Gasteiger partial charge in [-0.05, 0) is 26.2 Å². The van der Waals surface area contributed by atoms with E-state index in [9.17, 15) is 9.59 Å². The Kier molecular flexibility index (Phi) is 3.35.